The molecule has 0 spiro atoms. The van der Waals surface area contributed by atoms with Crippen LogP contribution in [0.25, 0.3) is 0 Å². The standard InChI is InChI=1S/C33H56O13/c1-3-30(2)29-45-26-25-43-22-21-41-18-17-39-14-13-37-10-9-36-11-12-38-15-16-40-19-20-42-23-24-44-27-28-46-33(35)32(34)31-7-5-4-6-8-31/h4-8,30H,3,9-29H2,1-2H3. The van der Waals surface area contributed by atoms with E-state index in [0.29, 0.717) is 130 Å². The monoisotopic (exact) mass is 660 g/mol. The summed E-state index contributed by atoms with van der Waals surface area (Å²) in [6.45, 7) is 14.1. The lowest BCUT2D eigenvalue weighted by molar-refractivity contribution is -0.139. The van der Waals surface area contributed by atoms with E-state index in [0.717, 1.165) is 13.0 Å². The van der Waals surface area contributed by atoms with Gasteiger partial charge in [-0.3, -0.25) is 4.79 Å². The van der Waals surface area contributed by atoms with Crippen LogP contribution in [0.1, 0.15) is 30.6 Å². The smallest absolute Gasteiger partial charge is 0.379 e. The van der Waals surface area contributed by atoms with Crippen molar-refractivity contribution in [1.29, 1.82) is 0 Å². The van der Waals surface area contributed by atoms with Crippen molar-refractivity contribution in [2.24, 2.45) is 5.92 Å². The Hall–Kier alpha value is -2.04. The molecule has 0 heterocycles. The summed E-state index contributed by atoms with van der Waals surface area (Å²) >= 11 is 0. The highest BCUT2D eigenvalue weighted by atomic mass is 16.6. The summed E-state index contributed by atoms with van der Waals surface area (Å²) in [6.07, 6.45) is 1.13. The predicted octanol–water partition coefficient (Wildman–Crippen LogP) is 2.62. The number of hydrogen-bond donors (Lipinski definition) is 0. The van der Waals surface area contributed by atoms with E-state index in [4.69, 9.17) is 52.1 Å². The normalized spacial score (nSPS) is 12.0. The average Bonchev–Trinajstić information content (AvgIpc) is 3.08. The molecule has 13 nitrogen and oxygen atoms in total. The lowest BCUT2D eigenvalue weighted by Crippen LogP contribution is -2.20. The fraction of sp³-hybridized carbons (Fsp3) is 0.758. The highest BCUT2D eigenvalue weighted by molar-refractivity contribution is 6.40. The van der Waals surface area contributed by atoms with E-state index in [1.54, 1.807) is 30.3 Å². The van der Waals surface area contributed by atoms with Crippen LogP contribution in [0.5, 0.6) is 0 Å². The first kappa shape index (κ1) is 42.0. The summed E-state index contributed by atoms with van der Waals surface area (Å²) in [5, 5.41) is 0. The van der Waals surface area contributed by atoms with Crippen molar-refractivity contribution >= 4 is 11.8 Å². The number of hydrogen-bond acceptors (Lipinski definition) is 13. The Labute approximate surface area is 274 Å². The molecule has 0 aromatic heterocycles. The van der Waals surface area contributed by atoms with Crippen molar-refractivity contribution in [2.75, 3.05) is 139 Å². The molecule has 266 valence electrons. The lowest BCUT2D eigenvalue weighted by Gasteiger charge is -2.10. The number of ketones is 1. The SMILES string of the molecule is CCC(C)COCCOCCOCCOCCOCCOCCOCCOCCOCCOCCOC(=O)C(=O)c1ccccc1. The summed E-state index contributed by atoms with van der Waals surface area (Å²) in [4.78, 5) is 23.6. The minimum absolute atomic E-state index is 0.000472. The van der Waals surface area contributed by atoms with Gasteiger partial charge in [-0.15, -0.1) is 0 Å². The molecule has 13 heteroatoms. The number of carbonyl (C=O) groups is 2. The molecule has 1 unspecified atom stereocenters. The largest absolute Gasteiger partial charge is 0.457 e. The molecule has 0 radical (unpaired) electrons. The fourth-order valence-corrected chi connectivity index (χ4v) is 3.35. The van der Waals surface area contributed by atoms with Gasteiger partial charge in [0, 0.05) is 12.2 Å². The van der Waals surface area contributed by atoms with Gasteiger partial charge in [-0.1, -0.05) is 50.6 Å². The molecular weight excluding hydrogens is 604 g/mol. The van der Waals surface area contributed by atoms with Crippen LogP contribution in [0.4, 0.5) is 0 Å². The predicted molar refractivity (Wildman–Crippen MR) is 169 cm³/mol. The first-order valence-electron chi connectivity index (χ1n) is 16.2. The van der Waals surface area contributed by atoms with E-state index in [1.165, 1.54) is 0 Å². The highest BCUT2D eigenvalue weighted by Crippen LogP contribution is 2.02. The summed E-state index contributed by atoms with van der Waals surface area (Å²) in [6, 6.07) is 8.26. The molecule has 0 aliphatic carbocycles. The third-order valence-electron chi connectivity index (χ3n) is 6.13. The third-order valence-corrected chi connectivity index (χ3v) is 6.13. The van der Waals surface area contributed by atoms with Gasteiger partial charge in [0.2, 0.25) is 0 Å². The van der Waals surface area contributed by atoms with E-state index in [-0.39, 0.29) is 13.2 Å². The van der Waals surface area contributed by atoms with Crippen LogP contribution in [0, 0.1) is 5.92 Å². The van der Waals surface area contributed by atoms with E-state index < -0.39 is 11.8 Å². The topological polar surface area (TPSA) is 136 Å². The molecule has 0 saturated heterocycles. The number of Topliss-reactive ketones (excluding diaryl/α,β-unsaturated/α-hetero) is 1. The third kappa shape index (κ3) is 27.1. The molecule has 0 bridgehead atoms. The Bertz CT molecular complexity index is 812. The van der Waals surface area contributed by atoms with E-state index in [9.17, 15) is 9.59 Å². The van der Waals surface area contributed by atoms with E-state index in [2.05, 4.69) is 13.8 Å². The molecule has 0 saturated carbocycles. The minimum atomic E-state index is -0.895. The summed E-state index contributed by atoms with van der Waals surface area (Å²) in [7, 11) is 0. The van der Waals surface area contributed by atoms with E-state index >= 15 is 0 Å². The van der Waals surface area contributed by atoms with Crippen LogP contribution in [-0.4, -0.2) is 150 Å². The van der Waals surface area contributed by atoms with Gasteiger partial charge in [0.1, 0.15) is 6.61 Å². The zero-order valence-electron chi connectivity index (χ0n) is 27.8. The minimum Gasteiger partial charge on any atom is -0.457 e. The second-order valence-corrected chi connectivity index (χ2v) is 9.93. The Balaban J connectivity index is 1.67. The van der Waals surface area contributed by atoms with Gasteiger partial charge < -0.3 is 52.1 Å². The quantitative estimate of drug-likeness (QED) is 0.0457. The van der Waals surface area contributed by atoms with Crippen LogP contribution in [0.15, 0.2) is 30.3 Å². The van der Waals surface area contributed by atoms with Crippen LogP contribution >= 0.6 is 0 Å². The Kier molecular flexibility index (Phi) is 30.0. The van der Waals surface area contributed by atoms with Gasteiger partial charge in [0.15, 0.2) is 0 Å². The Morgan fingerprint density at radius 1 is 0.478 bits per heavy atom. The molecule has 1 aromatic rings. The number of esters is 1. The van der Waals surface area contributed by atoms with Crippen molar-refractivity contribution in [1.82, 2.24) is 0 Å². The first-order chi connectivity index (χ1) is 22.6. The summed E-state index contributed by atoms with van der Waals surface area (Å²) < 4.78 is 59.4. The number of ether oxygens (including phenoxy) is 11. The Morgan fingerprint density at radius 2 is 0.783 bits per heavy atom. The molecule has 1 rings (SSSR count). The zero-order chi connectivity index (χ0) is 33.2. The molecule has 0 aliphatic rings. The molecule has 1 atom stereocenters. The molecule has 0 fully saturated rings. The van der Waals surface area contributed by atoms with Crippen molar-refractivity contribution in [3.05, 3.63) is 35.9 Å². The second kappa shape index (κ2) is 32.9. The van der Waals surface area contributed by atoms with Crippen molar-refractivity contribution < 1.29 is 61.7 Å². The van der Waals surface area contributed by atoms with Crippen LogP contribution in [0.2, 0.25) is 0 Å². The van der Waals surface area contributed by atoms with Gasteiger partial charge in [0.25, 0.3) is 5.78 Å². The highest BCUT2D eigenvalue weighted by Gasteiger charge is 2.17. The molecule has 46 heavy (non-hydrogen) atoms. The van der Waals surface area contributed by atoms with Gasteiger partial charge >= 0.3 is 5.97 Å². The van der Waals surface area contributed by atoms with Gasteiger partial charge in [-0.2, -0.15) is 0 Å². The molecular formula is C33H56O13. The zero-order valence-corrected chi connectivity index (χ0v) is 27.8. The van der Waals surface area contributed by atoms with E-state index in [1.807, 2.05) is 0 Å². The molecule has 1 aromatic carbocycles. The van der Waals surface area contributed by atoms with Gasteiger partial charge in [0.05, 0.1) is 126 Å². The van der Waals surface area contributed by atoms with Crippen LogP contribution in [-0.2, 0) is 56.9 Å². The first-order valence-corrected chi connectivity index (χ1v) is 16.2. The van der Waals surface area contributed by atoms with Crippen molar-refractivity contribution in [3.8, 4) is 0 Å². The average molecular weight is 661 g/mol. The molecule has 0 aliphatic heterocycles. The van der Waals surface area contributed by atoms with Gasteiger partial charge in [-0.05, 0) is 5.92 Å². The molecule has 0 amide bonds. The lowest BCUT2D eigenvalue weighted by atomic mass is 10.1. The summed E-state index contributed by atoms with van der Waals surface area (Å²) in [5.41, 5.74) is 0.297. The number of carbonyl (C=O) groups excluding carboxylic acids is 2. The molecule has 0 N–H and O–H groups in total. The maximum atomic E-state index is 11.9. The number of benzene rings is 1. The maximum Gasteiger partial charge on any atom is 0.379 e. The Morgan fingerprint density at radius 3 is 1.11 bits per heavy atom. The van der Waals surface area contributed by atoms with Crippen molar-refractivity contribution in [3.63, 3.8) is 0 Å². The van der Waals surface area contributed by atoms with Gasteiger partial charge in [-0.25, -0.2) is 4.79 Å². The van der Waals surface area contributed by atoms with Crippen molar-refractivity contribution in [2.45, 2.75) is 20.3 Å². The van der Waals surface area contributed by atoms with Crippen LogP contribution < -0.4 is 0 Å². The number of rotatable bonds is 35. The summed E-state index contributed by atoms with van der Waals surface area (Å²) in [5.74, 6) is -0.979. The second-order valence-electron chi connectivity index (χ2n) is 9.93. The maximum absolute atomic E-state index is 11.9. The van der Waals surface area contributed by atoms with Crippen LogP contribution in [0.3, 0.4) is 0 Å². The fourth-order valence-electron chi connectivity index (χ4n) is 3.35.